The Bertz CT molecular complexity index is 563. The third-order valence-corrected chi connectivity index (χ3v) is 4.03. The van der Waals surface area contributed by atoms with Gasteiger partial charge < -0.3 is 4.57 Å². The third-order valence-electron chi connectivity index (χ3n) is 3.36. The van der Waals surface area contributed by atoms with E-state index in [9.17, 15) is 4.79 Å². The lowest BCUT2D eigenvalue weighted by molar-refractivity contribution is 0.0911. The van der Waals surface area contributed by atoms with Gasteiger partial charge in [0.2, 0.25) is 0 Å². The van der Waals surface area contributed by atoms with Crippen molar-refractivity contribution < 1.29 is 4.79 Å². The fraction of sp³-hybridized carbons (Fsp3) is 0.357. The smallest absolute Gasteiger partial charge is 0.165 e. The molecule has 0 spiro atoms. The van der Waals surface area contributed by atoms with Crippen LogP contribution in [-0.4, -0.2) is 10.4 Å². The lowest BCUT2D eigenvalue weighted by Gasteiger charge is -2.29. The van der Waals surface area contributed by atoms with Crippen molar-refractivity contribution in [3.8, 4) is 5.69 Å². The Morgan fingerprint density at radius 3 is 2.82 bits per heavy atom. The van der Waals surface area contributed by atoms with Crippen LogP contribution in [0.2, 0.25) is 0 Å². The first kappa shape index (κ1) is 10.8. The largest absolute Gasteiger partial charge is 0.319 e. The molecule has 0 saturated heterocycles. The van der Waals surface area contributed by atoms with E-state index in [1.54, 1.807) is 11.3 Å². The van der Waals surface area contributed by atoms with Gasteiger partial charge in [0.15, 0.2) is 5.78 Å². The first-order chi connectivity index (χ1) is 8.07. The van der Waals surface area contributed by atoms with Crippen LogP contribution < -0.4 is 0 Å². The van der Waals surface area contributed by atoms with Crippen LogP contribution in [0.5, 0.6) is 0 Å². The molecule has 17 heavy (non-hydrogen) atoms. The van der Waals surface area contributed by atoms with Gasteiger partial charge in [-0.25, -0.2) is 0 Å². The number of carbonyl (C=O) groups is 1. The molecule has 1 aliphatic carbocycles. The molecule has 0 fully saturated rings. The highest BCUT2D eigenvalue weighted by Gasteiger charge is 2.33. The maximum atomic E-state index is 12.1. The quantitative estimate of drug-likeness (QED) is 0.751. The van der Waals surface area contributed by atoms with Crippen LogP contribution in [0.3, 0.4) is 0 Å². The van der Waals surface area contributed by atoms with Crippen LogP contribution in [0.15, 0.2) is 29.1 Å². The minimum atomic E-state index is 0.0796. The monoisotopic (exact) mass is 245 g/mol. The van der Waals surface area contributed by atoms with Gasteiger partial charge in [-0.05, 0) is 29.3 Å². The zero-order valence-electron chi connectivity index (χ0n) is 10.1. The molecule has 0 aliphatic heterocycles. The van der Waals surface area contributed by atoms with Crippen LogP contribution in [0.1, 0.15) is 36.3 Å². The molecule has 0 N–H and O–H groups in total. The average molecular weight is 245 g/mol. The van der Waals surface area contributed by atoms with Crippen LogP contribution in [-0.2, 0) is 6.42 Å². The van der Waals surface area contributed by atoms with Crippen molar-refractivity contribution in [3.63, 3.8) is 0 Å². The molecular formula is C14H15NOS. The SMILES string of the molecule is CC1(C)CC(=O)c2ccn(-c3ccsc3)c2C1. The van der Waals surface area contributed by atoms with E-state index < -0.39 is 0 Å². The van der Waals surface area contributed by atoms with Crippen molar-refractivity contribution in [2.45, 2.75) is 26.7 Å². The van der Waals surface area contributed by atoms with Gasteiger partial charge in [0.1, 0.15) is 0 Å². The summed E-state index contributed by atoms with van der Waals surface area (Å²) in [6.45, 7) is 4.33. The number of nitrogens with zero attached hydrogens (tertiary/aromatic N) is 1. The van der Waals surface area contributed by atoms with E-state index in [0.717, 1.165) is 12.0 Å². The number of aromatic nitrogens is 1. The van der Waals surface area contributed by atoms with Gasteiger partial charge >= 0.3 is 0 Å². The molecule has 2 aromatic rings. The van der Waals surface area contributed by atoms with Gasteiger partial charge in [-0.15, -0.1) is 0 Å². The molecule has 0 aromatic carbocycles. The molecular weight excluding hydrogens is 230 g/mol. The van der Waals surface area contributed by atoms with Gasteiger partial charge in [-0.1, -0.05) is 13.8 Å². The second kappa shape index (κ2) is 3.57. The van der Waals surface area contributed by atoms with E-state index in [2.05, 4.69) is 35.2 Å². The summed E-state index contributed by atoms with van der Waals surface area (Å²) < 4.78 is 2.16. The first-order valence-electron chi connectivity index (χ1n) is 5.83. The summed E-state index contributed by atoms with van der Waals surface area (Å²) in [4.78, 5) is 12.1. The molecule has 0 unspecified atom stereocenters. The Hall–Kier alpha value is -1.35. The molecule has 0 amide bonds. The second-order valence-electron chi connectivity index (χ2n) is 5.47. The number of carbonyl (C=O) groups excluding carboxylic acids is 1. The van der Waals surface area contributed by atoms with Crippen molar-refractivity contribution in [2.75, 3.05) is 0 Å². The van der Waals surface area contributed by atoms with Crippen molar-refractivity contribution >= 4 is 17.1 Å². The van der Waals surface area contributed by atoms with E-state index in [0.29, 0.717) is 6.42 Å². The fourth-order valence-electron chi connectivity index (χ4n) is 2.58. The lowest BCUT2D eigenvalue weighted by Crippen LogP contribution is -2.27. The molecule has 1 aliphatic rings. The Kier molecular flexibility index (Phi) is 2.26. The summed E-state index contributed by atoms with van der Waals surface area (Å²) >= 11 is 1.68. The summed E-state index contributed by atoms with van der Waals surface area (Å²) in [5.74, 6) is 0.283. The van der Waals surface area contributed by atoms with Crippen molar-refractivity contribution in [3.05, 3.63) is 40.3 Å². The number of hydrogen-bond acceptors (Lipinski definition) is 2. The van der Waals surface area contributed by atoms with Gasteiger partial charge in [-0.3, -0.25) is 4.79 Å². The Morgan fingerprint density at radius 1 is 1.29 bits per heavy atom. The molecule has 0 bridgehead atoms. The predicted molar refractivity (Wildman–Crippen MR) is 70.1 cm³/mol. The number of Topliss-reactive ketones (excluding diaryl/α,β-unsaturated/α-hetero) is 1. The van der Waals surface area contributed by atoms with Gasteiger partial charge in [0.25, 0.3) is 0 Å². The molecule has 3 heteroatoms. The number of hydrogen-bond donors (Lipinski definition) is 0. The summed E-state index contributed by atoms with van der Waals surface area (Å²) in [6, 6.07) is 4.06. The molecule has 2 aromatic heterocycles. The number of fused-ring (bicyclic) bond motifs is 1. The Labute approximate surface area is 105 Å². The van der Waals surface area contributed by atoms with Crippen molar-refractivity contribution in [1.29, 1.82) is 0 Å². The standard InChI is InChI=1S/C14H15NOS/c1-14(2)7-12-11(13(16)8-14)3-5-15(12)10-4-6-17-9-10/h3-6,9H,7-8H2,1-2H3. The van der Waals surface area contributed by atoms with Gasteiger partial charge in [0.05, 0.1) is 5.69 Å². The highest BCUT2D eigenvalue weighted by molar-refractivity contribution is 7.08. The summed E-state index contributed by atoms with van der Waals surface area (Å²) in [6.07, 6.45) is 3.65. The average Bonchev–Trinajstić information content (AvgIpc) is 2.82. The first-order valence-corrected chi connectivity index (χ1v) is 6.77. The maximum absolute atomic E-state index is 12.1. The van der Waals surface area contributed by atoms with E-state index >= 15 is 0 Å². The Morgan fingerprint density at radius 2 is 2.12 bits per heavy atom. The van der Waals surface area contributed by atoms with Gasteiger partial charge in [-0.2, -0.15) is 11.3 Å². The molecule has 2 heterocycles. The van der Waals surface area contributed by atoms with E-state index in [4.69, 9.17) is 0 Å². The molecule has 3 rings (SSSR count). The highest BCUT2D eigenvalue weighted by atomic mass is 32.1. The van der Waals surface area contributed by atoms with E-state index in [-0.39, 0.29) is 11.2 Å². The van der Waals surface area contributed by atoms with Crippen molar-refractivity contribution in [2.24, 2.45) is 5.41 Å². The number of ketones is 1. The number of thiophene rings is 1. The van der Waals surface area contributed by atoms with Gasteiger partial charge in [0, 0.05) is 29.3 Å². The maximum Gasteiger partial charge on any atom is 0.165 e. The van der Waals surface area contributed by atoms with Crippen LogP contribution in [0.25, 0.3) is 5.69 Å². The van der Waals surface area contributed by atoms with Crippen LogP contribution in [0.4, 0.5) is 0 Å². The topological polar surface area (TPSA) is 22.0 Å². The van der Waals surface area contributed by atoms with Crippen LogP contribution >= 0.6 is 11.3 Å². The van der Waals surface area contributed by atoms with Crippen molar-refractivity contribution in [1.82, 2.24) is 4.57 Å². The highest BCUT2D eigenvalue weighted by Crippen LogP contribution is 2.36. The zero-order valence-corrected chi connectivity index (χ0v) is 10.9. The summed E-state index contributed by atoms with van der Waals surface area (Å²) in [7, 11) is 0. The Balaban J connectivity index is 2.14. The predicted octanol–water partition coefficient (Wildman–Crippen LogP) is 3.69. The zero-order chi connectivity index (χ0) is 12.0. The normalized spacial score (nSPS) is 18.1. The minimum Gasteiger partial charge on any atom is -0.319 e. The second-order valence-corrected chi connectivity index (χ2v) is 6.25. The molecule has 0 radical (unpaired) electrons. The number of rotatable bonds is 1. The van der Waals surface area contributed by atoms with E-state index in [1.807, 2.05) is 12.3 Å². The molecule has 2 nitrogen and oxygen atoms in total. The summed E-state index contributed by atoms with van der Waals surface area (Å²) in [5.41, 5.74) is 3.33. The molecule has 0 atom stereocenters. The fourth-order valence-corrected chi connectivity index (χ4v) is 3.21. The molecule has 0 saturated carbocycles. The molecule has 88 valence electrons. The van der Waals surface area contributed by atoms with Crippen LogP contribution in [0, 0.1) is 5.41 Å². The van der Waals surface area contributed by atoms with E-state index in [1.165, 1.54) is 11.4 Å². The lowest BCUT2D eigenvalue weighted by atomic mass is 9.76. The minimum absolute atomic E-state index is 0.0796. The summed E-state index contributed by atoms with van der Waals surface area (Å²) in [5, 5.41) is 4.18. The third kappa shape index (κ3) is 1.75.